The van der Waals surface area contributed by atoms with E-state index < -0.39 is 0 Å². The van der Waals surface area contributed by atoms with Gasteiger partial charge in [0.25, 0.3) is 0 Å². The fourth-order valence-corrected chi connectivity index (χ4v) is 2.17. The van der Waals surface area contributed by atoms with Crippen LogP contribution in [0.3, 0.4) is 0 Å². The number of nitrogens with one attached hydrogen (secondary N) is 1. The summed E-state index contributed by atoms with van der Waals surface area (Å²) in [6, 6.07) is 9.99. The van der Waals surface area contributed by atoms with Crippen molar-refractivity contribution in [2.45, 2.75) is 13.2 Å². The van der Waals surface area contributed by atoms with Crippen molar-refractivity contribution in [2.75, 3.05) is 14.2 Å². The molecule has 3 nitrogen and oxygen atoms in total. The van der Waals surface area contributed by atoms with Crippen LogP contribution in [0, 0.1) is 5.82 Å². The van der Waals surface area contributed by atoms with Crippen LogP contribution >= 0.6 is 11.6 Å². The van der Waals surface area contributed by atoms with Gasteiger partial charge in [-0.3, -0.25) is 0 Å². The zero-order valence-electron chi connectivity index (χ0n) is 12.0. The quantitative estimate of drug-likeness (QED) is 0.880. The molecule has 0 aromatic heterocycles. The van der Waals surface area contributed by atoms with Gasteiger partial charge in [0.15, 0.2) is 11.5 Å². The molecule has 0 radical (unpaired) electrons. The number of methoxy groups -OCH3 is 1. The number of ether oxygens (including phenoxy) is 2. The minimum Gasteiger partial charge on any atom is -0.493 e. The van der Waals surface area contributed by atoms with Gasteiger partial charge >= 0.3 is 0 Å². The molecular formula is C16H17ClFNO2. The summed E-state index contributed by atoms with van der Waals surface area (Å²) >= 11 is 6.20. The summed E-state index contributed by atoms with van der Waals surface area (Å²) in [5.41, 5.74) is 1.39. The first-order chi connectivity index (χ1) is 10.2. The Balaban J connectivity index is 2.19. The highest BCUT2D eigenvalue weighted by Gasteiger charge is 2.11. The molecule has 0 heterocycles. The maximum absolute atomic E-state index is 13.6. The Morgan fingerprint density at radius 2 is 1.90 bits per heavy atom. The van der Waals surface area contributed by atoms with Crippen LogP contribution < -0.4 is 14.8 Å². The van der Waals surface area contributed by atoms with Gasteiger partial charge in [0.05, 0.1) is 7.11 Å². The van der Waals surface area contributed by atoms with E-state index in [0.717, 1.165) is 5.56 Å². The number of halogens is 2. The second kappa shape index (κ2) is 7.29. The first kappa shape index (κ1) is 15.6. The van der Waals surface area contributed by atoms with E-state index in [-0.39, 0.29) is 12.4 Å². The van der Waals surface area contributed by atoms with Gasteiger partial charge in [-0.25, -0.2) is 4.39 Å². The summed E-state index contributed by atoms with van der Waals surface area (Å²) in [7, 11) is 3.40. The van der Waals surface area contributed by atoms with E-state index in [2.05, 4.69) is 5.32 Å². The maximum atomic E-state index is 13.6. The van der Waals surface area contributed by atoms with Crippen LogP contribution in [0.25, 0.3) is 0 Å². The maximum Gasteiger partial charge on any atom is 0.163 e. The first-order valence-electron chi connectivity index (χ1n) is 6.53. The fraction of sp³-hybridized carbons (Fsp3) is 0.250. The molecule has 21 heavy (non-hydrogen) atoms. The van der Waals surface area contributed by atoms with Gasteiger partial charge < -0.3 is 14.8 Å². The third-order valence-electron chi connectivity index (χ3n) is 3.04. The van der Waals surface area contributed by atoms with E-state index in [1.54, 1.807) is 31.4 Å². The highest BCUT2D eigenvalue weighted by atomic mass is 35.5. The Hall–Kier alpha value is -1.78. The molecule has 112 valence electrons. The number of hydrogen-bond donors (Lipinski definition) is 1. The molecule has 0 saturated carbocycles. The van der Waals surface area contributed by atoms with E-state index in [9.17, 15) is 4.39 Å². The van der Waals surface area contributed by atoms with Gasteiger partial charge in [0.2, 0.25) is 0 Å². The number of rotatable bonds is 6. The van der Waals surface area contributed by atoms with Gasteiger partial charge in [0.1, 0.15) is 12.4 Å². The van der Waals surface area contributed by atoms with E-state index >= 15 is 0 Å². The highest BCUT2D eigenvalue weighted by molar-refractivity contribution is 6.31. The van der Waals surface area contributed by atoms with Crippen molar-refractivity contribution in [1.29, 1.82) is 0 Å². The van der Waals surface area contributed by atoms with Crippen LogP contribution in [0.15, 0.2) is 36.4 Å². The predicted octanol–water partition coefficient (Wildman–Crippen LogP) is 3.79. The third-order valence-corrected chi connectivity index (χ3v) is 3.39. The molecule has 2 aromatic rings. The summed E-state index contributed by atoms with van der Waals surface area (Å²) in [4.78, 5) is 0. The summed E-state index contributed by atoms with van der Waals surface area (Å²) in [5.74, 6) is 0.765. The molecule has 0 unspecified atom stereocenters. The van der Waals surface area contributed by atoms with Crippen molar-refractivity contribution in [3.05, 3.63) is 58.4 Å². The molecule has 1 N–H and O–H groups in total. The molecule has 0 aliphatic heterocycles. The minimum atomic E-state index is -0.297. The SMILES string of the molecule is CNCc1cc(OC)c(OCc2ccccc2F)cc1Cl. The van der Waals surface area contributed by atoms with Gasteiger partial charge in [0, 0.05) is 23.2 Å². The number of hydrogen-bond acceptors (Lipinski definition) is 3. The molecule has 0 amide bonds. The van der Waals surface area contributed by atoms with Crippen molar-refractivity contribution in [3.8, 4) is 11.5 Å². The Labute approximate surface area is 128 Å². The minimum absolute atomic E-state index is 0.116. The summed E-state index contributed by atoms with van der Waals surface area (Å²) in [5, 5.41) is 3.61. The largest absolute Gasteiger partial charge is 0.493 e. The van der Waals surface area contributed by atoms with Gasteiger partial charge in [-0.2, -0.15) is 0 Å². The molecule has 2 aromatic carbocycles. The third kappa shape index (κ3) is 3.86. The molecule has 0 atom stereocenters. The summed E-state index contributed by atoms with van der Waals surface area (Å²) in [6.07, 6.45) is 0. The van der Waals surface area contributed by atoms with Crippen molar-refractivity contribution in [2.24, 2.45) is 0 Å². The van der Waals surface area contributed by atoms with Crippen molar-refractivity contribution >= 4 is 11.6 Å². The molecule has 5 heteroatoms. The lowest BCUT2D eigenvalue weighted by molar-refractivity contribution is 0.279. The predicted molar refractivity (Wildman–Crippen MR) is 81.5 cm³/mol. The van der Waals surface area contributed by atoms with Crippen LogP contribution in [0.2, 0.25) is 5.02 Å². The van der Waals surface area contributed by atoms with Gasteiger partial charge in [-0.1, -0.05) is 29.8 Å². The van der Waals surface area contributed by atoms with E-state index in [0.29, 0.717) is 28.6 Å². The average Bonchev–Trinajstić information content (AvgIpc) is 2.49. The lowest BCUT2D eigenvalue weighted by Gasteiger charge is -2.14. The Kier molecular flexibility index (Phi) is 5.42. The standard InChI is InChI=1S/C16H17ClFNO2/c1-19-9-12-7-15(20-2)16(8-13(12)17)21-10-11-5-3-4-6-14(11)18/h3-8,19H,9-10H2,1-2H3. The molecular weight excluding hydrogens is 293 g/mol. The molecule has 0 aliphatic carbocycles. The molecule has 0 fully saturated rings. The van der Waals surface area contributed by atoms with Crippen LogP contribution in [0.4, 0.5) is 4.39 Å². The van der Waals surface area contributed by atoms with Crippen LogP contribution in [-0.2, 0) is 13.2 Å². The van der Waals surface area contributed by atoms with Crippen LogP contribution in [-0.4, -0.2) is 14.2 Å². The zero-order valence-corrected chi connectivity index (χ0v) is 12.7. The van der Waals surface area contributed by atoms with E-state index in [4.69, 9.17) is 21.1 Å². The monoisotopic (exact) mass is 309 g/mol. The average molecular weight is 310 g/mol. The Bertz CT molecular complexity index is 619. The zero-order chi connectivity index (χ0) is 15.2. The molecule has 0 bridgehead atoms. The molecule has 2 rings (SSSR count). The van der Waals surface area contributed by atoms with Crippen LogP contribution in [0.5, 0.6) is 11.5 Å². The second-order valence-electron chi connectivity index (χ2n) is 4.50. The molecule has 0 aliphatic rings. The Morgan fingerprint density at radius 3 is 2.57 bits per heavy atom. The van der Waals surface area contributed by atoms with Crippen LogP contribution in [0.1, 0.15) is 11.1 Å². The normalized spacial score (nSPS) is 10.5. The van der Waals surface area contributed by atoms with Gasteiger partial charge in [-0.05, 0) is 24.7 Å². The summed E-state index contributed by atoms with van der Waals surface area (Å²) < 4.78 is 24.5. The van der Waals surface area contributed by atoms with E-state index in [1.807, 2.05) is 13.1 Å². The van der Waals surface area contributed by atoms with Crippen molar-refractivity contribution in [1.82, 2.24) is 5.32 Å². The molecule has 0 saturated heterocycles. The fourth-order valence-electron chi connectivity index (χ4n) is 1.95. The lowest BCUT2D eigenvalue weighted by atomic mass is 10.2. The number of benzene rings is 2. The second-order valence-corrected chi connectivity index (χ2v) is 4.91. The lowest BCUT2D eigenvalue weighted by Crippen LogP contribution is -2.06. The first-order valence-corrected chi connectivity index (χ1v) is 6.90. The molecule has 0 spiro atoms. The summed E-state index contributed by atoms with van der Waals surface area (Å²) in [6.45, 7) is 0.744. The highest BCUT2D eigenvalue weighted by Crippen LogP contribution is 2.34. The van der Waals surface area contributed by atoms with Crippen molar-refractivity contribution < 1.29 is 13.9 Å². The smallest absolute Gasteiger partial charge is 0.163 e. The van der Waals surface area contributed by atoms with E-state index in [1.165, 1.54) is 6.07 Å². The van der Waals surface area contributed by atoms with Crippen molar-refractivity contribution in [3.63, 3.8) is 0 Å². The topological polar surface area (TPSA) is 30.5 Å². The van der Waals surface area contributed by atoms with Gasteiger partial charge in [-0.15, -0.1) is 0 Å². The Morgan fingerprint density at radius 1 is 1.14 bits per heavy atom.